The van der Waals surface area contributed by atoms with Gasteiger partial charge in [-0.15, -0.1) is 6.42 Å². The van der Waals surface area contributed by atoms with E-state index in [0.717, 1.165) is 11.1 Å². The Morgan fingerprint density at radius 1 is 1.03 bits per heavy atom. The zero-order valence-corrected chi connectivity index (χ0v) is 16.2. The highest BCUT2D eigenvalue weighted by Crippen LogP contribution is 2.44. The molecule has 3 N–H and O–H groups in total. The smallest absolute Gasteiger partial charge is 0.449 e. The molecule has 148 valence electrons. The van der Waals surface area contributed by atoms with Crippen molar-refractivity contribution >= 4 is 18.7 Å². The van der Waals surface area contributed by atoms with Crippen LogP contribution in [0.15, 0.2) is 66.7 Å². The van der Waals surface area contributed by atoms with Gasteiger partial charge in [-0.1, -0.05) is 60.5 Å². The Kier molecular flexibility index (Phi) is 5.58. The van der Waals surface area contributed by atoms with Gasteiger partial charge in [-0.3, -0.25) is 0 Å². The lowest BCUT2D eigenvalue weighted by Gasteiger charge is -2.15. The van der Waals surface area contributed by atoms with E-state index in [1.165, 1.54) is 17.2 Å². The molecule has 0 unspecified atom stereocenters. The van der Waals surface area contributed by atoms with Crippen LogP contribution in [0.1, 0.15) is 28.2 Å². The first-order valence-electron chi connectivity index (χ1n) is 9.62. The summed E-state index contributed by atoms with van der Waals surface area (Å²) in [6.07, 6.45) is 4.87. The summed E-state index contributed by atoms with van der Waals surface area (Å²) in [7, 11) is -1.63. The summed E-state index contributed by atoms with van der Waals surface area (Å²) < 4.78 is 5.51. The number of alkyl carbamates (subject to hydrolysis) is 1. The standard InChI is InChI=1S/C24H20BNO4/c1-2-16-11-17(13-18(12-16)25(28)29)14-26-24(27)30-15-23-21-9-5-3-7-19(21)20-8-4-6-10-22(20)23/h1,3-13,23,28-29H,14-15H2,(H,26,27). The van der Waals surface area contributed by atoms with Crippen molar-refractivity contribution in [3.05, 3.63) is 89.0 Å². The molecule has 0 radical (unpaired) electrons. The fourth-order valence-corrected chi connectivity index (χ4v) is 3.88. The van der Waals surface area contributed by atoms with Crippen LogP contribution < -0.4 is 10.8 Å². The molecule has 6 heteroatoms. The minimum absolute atomic E-state index is 0.0101. The van der Waals surface area contributed by atoms with Crippen molar-refractivity contribution in [2.45, 2.75) is 12.5 Å². The molecule has 1 aliphatic rings. The molecule has 0 atom stereocenters. The molecular weight excluding hydrogens is 377 g/mol. The van der Waals surface area contributed by atoms with Crippen molar-refractivity contribution in [3.63, 3.8) is 0 Å². The third-order valence-electron chi connectivity index (χ3n) is 5.26. The van der Waals surface area contributed by atoms with Crippen LogP contribution in [-0.4, -0.2) is 29.9 Å². The SMILES string of the molecule is C#Cc1cc(CNC(=O)OCC2c3ccccc3-c3ccccc32)cc(B(O)O)c1. The maximum absolute atomic E-state index is 12.3. The molecule has 0 heterocycles. The highest BCUT2D eigenvalue weighted by Gasteiger charge is 2.28. The van der Waals surface area contributed by atoms with Gasteiger partial charge in [0.15, 0.2) is 0 Å². The molecule has 0 saturated heterocycles. The van der Waals surface area contributed by atoms with Crippen molar-refractivity contribution in [3.8, 4) is 23.5 Å². The molecule has 30 heavy (non-hydrogen) atoms. The zero-order chi connectivity index (χ0) is 21.1. The van der Waals surface area contributed by atoms with Gasteiger partial charge in [0.05, 0.1) is 0 Å². The summed E-state index contributed by atoms with van der Waals surface area (Å²) >= 11 is 0. The molecule has 0 bridgehead atoms. The molecule has 0 fully saturated rings. The number of carbonyl (C=O) groups excluding carboxylic acids is 1. The third kappa shape index (κ3) is 3.94. The number of hydrogen-bond acceptors (Lipinski definition) is 4. The minimum atomic E-state index is -1.63. The summed E-state index contributed by atoms with van der Waals surface area (Å²) in [5.74, 6) is 2.46. The van der Waals surface area contributed by atoms with Gasteiger partial charge in [0, 0.05) is 18.0 Å². The van der Waals surface area contributed by atoms with E-state index in [4.69, 9.17) is 11.2 Å². The minimum Gasteiger partial charge on any atom is -0.449 e. The number of terminal acetylenes is 1. The highest BCUT2D eigenvalue weighted by molar-refractivity contribution is 6.58. The Morgan fingerprint density at radius 3 is 2.27 bits per heavy atom. The zero-order valence-electron chi connectivity index (χ0n) is 16.2. The number of ether oxygens (including phenoxy) is 1. The van der Waals surface area contributed by atoms with Gasteiger partial charge in [0.25, 0.3) is 0 Å². The fourth-order valence-electron chi connectivity index (χ4n) is 3.88. The second-order valence-corrected chi connectivity index (χ2v) is 7.16. The van der Waals surface area contributed by atoms with Gasteiger partial charge in [-0.25, -0.2) is 4.79 Å². The normalized spacial score (nSPS) is 11.9. The number of rotatable bonds is 5. The first kappa shape index (κ1) is 19.8. The van der Waals surface area contributed by atoms with Crippen LogP contribution in [-0.2, 0) is 11.3 Å². The van der Waals surface area contributed by atoms with Crippen LogP contribution in [0.2, 0.25) is 0 Å². The van der Waals surface area contributed by atoms with Gasteiger partial charge in [0.2, 0.25) is 0 Å². The molecule has 5 nitrogen and oxygen atoms in total. The number of nitrogens with one attached hydrogen (secondary N) is 1. The van der Waals surface area contributed by atoms with Crippen molar-refractivity contribution < 1.29 is 19.6 Å². The molecule has 0 aliphatic heterocycles. The van der Waals surface area contributed by atoms with Crippen LogP contribution >= 0.6 is 0 Å². The Morgan fingerprint density at radius 2 is 1.67 bits per heavy atom. The van der Waals surface area contributed by atoms with Gasteiger partial charge in [-0.2, -0.15) is 0 Å². The summed E-state index contributed by atoms with van der Waals surface area (Å²) in [5.41, 5.74) is 6.07. The van der Waals surface area contributed by atoms with Gasteiger partial charge >= 0.3 is 13.2 Å². The van der Waals surface area contributed by atoms with E-state index in [9.17, 15) is 14.8 Å². The summed E-state index contributed by atoms with van der Waals surface area (Å²) in [4.78, 5) is 12.3. The van der Waals surface area contributed by atoms with Crippen molar-refractivity contribution in [1.82, 2.24) is 5.32 Å². The van der Waals surface area contributed by atoms with E-state index in [-0.39, 0.29) is 24.5 Å². The number of carbonyl (C=O) groups is 1. The van der Waals surface area contributed by atoms with E-state index in [2.05, 4.69) is 35.5 Å². The molecule has 1 aliphatic carbocycles. The van der Waals surface area contributed by atoms with E-state index < -0.39 is 13.2 Å². The molecule has 0 saturated carbocycles. The second-order valence-electron chi connectivity index (χ2n) is 7.16. The molecule has 3 aromatic rings. The van der Waals surface area contributed by atoms with Crippen LogP contribution in [0.4, 0.5) is 4.79 Å². The molecule has 3 aromatic carbocycles. The van der Waals surface area contributed by atoms with E-state index in [0.29, 0.717) is 11.1 Å². The highest BCUT2D eigenvalue weighted by atomic mass is 16.5. The van der Waals surface area contributed by atoms with Gasteiger partial charge < -0.3 is 20.1 Å². The number of fused-ring (bicyclic) bond motifs is 3. The molecule has 0 aromatic heterocycles. The lowest BCUT2D eigenvalue weighted by atomic mass is 9.78. The Hall–Kier alpha value is -3.53. The molecule has 1 amide bonds. The maximum atomic E-state index is 12.3. The average Bonchev–Trinajstić information content (AvgIpc) is 3.09. The molecule has 4 rings (SSSR count). The maximum Gasteiger partial charge on any atom is 0.488 e. The van der Waals surface area contributed by atoms with Crippen molar-refractivity contribution in [2.24, 2.45) is 0 Å². The monoisotopic (exact) mass is 397 g/mol. The van der Waals surface area contributed by atoms with Gasteiger partial charge in [0.1, 0.15) is 6.61 Å². The Bertz CT molecular complexity index is 1090. The first-order valence-corrected chi connectivity index (χ1v) is 9.62. The van der Waals surface area contributed by atoms with E-state index >= 15 is 0 Å². The first-order chi connectivity index (χ1) is 14.6. The lowest BCUT2D eigenvalue weighted by Crippen LogP contribution is -2.31. The Labute approximate surface area is 175 Å². The van der Waals surface area contributed by atoms with Crippen LogP contribution in [0.5, 0.6) is 0 Å². The summed E-state index contributed by atoms with van der Waals surface area (Å²) in [6, 6.07) is 21.1. The quantitative estimate of drug-likeness (QED) is 0.457. The van der Waals surface area contributed by atoms with Crippen molar-refractivity contribution in [2.75, 3.05) is 6.61 Å². The number of amides is 1. The third-order valence-corrected chi connectivity index (χ3v) is 5.26. The fraction of sp³-hybridized carbons (Fsp3) is 0.125. The van der Waals surface area contributed by atoms with Crippen molar-refractivity contribution in [1.29, 1.82) is 0 Å². The molecule has 0 spiro atoms. The largest absolute Gasteiger partial charge is 0.488 e. The second kappa shape index (κ2) is 8.46. The predicted octanol–water partition coefficient (Wildman–Crippen LogP) is 2.39. The number of benzene rings is 3. The van der Waals surface area contributed by atoms with Crippen LogP contribution in [0, 0.1) is 12.3 Å². The van der Waals surface area contributed by atoms with E-state index in [1.807, 2.05) is 24.3 Å². The van der Waals surface area contributed by atoms with Crippen LogP contribution in [0.25, 0.3) is 11.1 Å². The molecular formula is C24H20BNO4. The topological polar surface area (TPSA) is 78.8 Å². The lowest BCUT2D eigenvalue weighted by molar-refractivity contribution is 0.142. The van der Waals surface area contributed by atoms with E-state index in [1.54, 1.807) is 12.1 Å². The average molecular weight is 397 g/mol. The summed E-state index contributed by atoms with van der Waals surface area (Å²) in [5, 5.41) is 21.5. The number of hydrogen-bond donors (Lipinski definition) is 3. The van der Waals surface area contributed by atoms with Crippen LogP contribution in [0.3, 0.4) is 0 Å². The Balaban J connectivity index is 1.42. The van der Waals surface area contributed by atoms with Gasteiger partial charge in [-0.05, 0) is 45.4 Å². The summed E-state index contributed by atoms with van der Waals surface area (Å²) in [6.45, 7) is 0.386. The predicted molar refractivity (Wildman–Crippen MR) is 116 cm³/mol.